The van der Waals surface area contributed by atoms with Gasteiger partial charge in [0.1, 0.15) is 6.10 Å². The quantitative estimate of drug-likeness (QED) is 0.253. The molecule has 0 radical (unpaired) electrons. The Morgan fingerprint density at radius 3 is 2.03 bits per heavy atom. The second-order valence-electron chi connectivity index (χ2n) is 9.32. The lowest BCUT2D eigenvalue weighted by atomic mass is 9.82. The van der Waals surface area contributed by atoms with Crippen LogP contribution in [0.4, 0.5) is 13.2 Å². The van der Waals surface area contributed by atoms with Crippen LogP contribution in [0.25, 0.3) is 25.1 Å². The first-order valence-corrected chi connectivity index (χ1v) is 12.5. The normalized spacial score (nSPS) is 26.4. The molecule has 3 aromatic carbocycles. The van der Waals surface area contributed by atoms with Crippen molar-refractivity contribution in [1.82, 2.24) is 0 Å². The fourth-order valence-corrected chi connectivity index (χ4v) is 8.17. The largest absolute Gasteiger partial charge is 0.458 e. The molecule has 1 aromatic heterocycles. The highest BCUT2D eigenvalue weighted by Crippen LogP contribution is 2.57. The zero-order valence-electron chi connectivity index (χ0n) is 18.1. The zero-order chi connectivity index (χ0) is 23.7. The molecule has 1 N–H and O–H groups in total. The molecule has 0 aliphatic heterocycles. The summed E-state index contributed by atoms with van der Waals surface area (Å²) in [6, 6.07) is 24.0. The average Bonchev–Trinajstić information content (AvgIpc) is 3.48. The SMILES string of the molecule is O=C(OC1CC2CC1CC2(O)C(F)(F)F)c1ccc(-[s+]2c3ccccc3c3ccccc32)cc1. The van der Waals surface area contributed by atoms with Gasteiger partial charge in [0.2, 0.25) is 0 Å². The van der Waals surface area contributed by atoms with Crippen LogP contribution in [0.3, 0.4) is 0 Å². The van der Waals surface area contributed by atoms with Gasteiger partial charge in [0.25, 0.3) is 0 Å². The maximum atomic E-state index is 13.3. The number of esters is 1. The van der Waals surface area contributed by atoms with Gasteiger partial charge < -0.3 is 9.84 Å². The summed E-state index contributed by atoms with van der Waals surface area (Å²) in [6.45, 7) is 0. The second-order valence-corrected chi connectivity index (χ2v) is 11.3. The van der Waals surface area contributed by atoms with Crippen LogP contribution in [0.2, 0.25) is 0 Å². The van der Waals surface area contributed by atoms with Gasteiger partial charge in [0.15, 0.2) is 19.9 Å². The molecule has 6 rings (SSSR count). The summed E-state index contributed by atoms with van der Waals surface area (Å²) in [6.07, 6.45) is -5.37. The van der Waals surface area contributed by atoms with E-state index in [2.05, 4.69) is 24.3 Å². The number of ether oxygens (including phenoxy) is 1. The maximum absolute atomic E-state index is 13.3. The first-order chi connectivity index (χ1) is 16.3. The Bertz CT molecular complexity index is 1360. The highest BCUT2D eigenvalue weighted by atomic mass is 32.2. The Labute approximate surface area is 196 Å². The molecule has 4 aromatic rings. The van der Waals surface area contributed by atoms with Crippen LogP contribution < -0.4 is 0 Å². The summed E-state index contributed by atoms with van der Waals surface area (Å²) in [5.41, 5.74) is -2.28. The van der Waals surface area contributed by atoms with Gasteiger partial charge in [-0.05, 0) is 73.7 Å². The molecule has 3 nitrogen and oxygen atoms in total. The van der Waals surface area contributed by atoms with Crippen LogP contribution in [0.15, 0.2) is 72.8 Å². The van der Waals surface area contributed by atoms with Crippen molar-refractivity contribution in [3.8, 4) is 4.90 Å². The van der Waals surface area contributed by atoms with Crippen molar-refractivity contribution in [2.45, 2.75) is 37.1 Å². The Morgan fingerprint density at radius 2 is 1.50 bits per heavy atom. The minimum absolute atomic E-state index is 0.0432. The monoisotopic (exact) mass is 483 g/mol. The molecule has 2 fully saturated rings. The van der Waals surface area contributed by atoms with E-state index in [0.29, 0.717) is 5.56 Å². The zero-order valence-corrected chi connectivity index (χ0v) is 18.9. The summed E-state index contributed by atoms with van der Waals surface area (Å²) in [7, 11) is -0.271. The highest BCUT2D eigenvalue weighted by Gasteiger charge is 2.67. The molecule has 2 saturated carbocycles. The lowest BCUT2D eigenvalue weighted by molar-refractivity contribution is -0.280. The molecule has 1 heterocycles. The number of alkyl halides is 3. The fourth-order valence-electron chi connectivity index (χ4n) is 5.79. The van der Waals surface area contributed by atoms with E-state index in [1.807, 2.05) is 36.4 Å². The third-order valence-corrected chi connectivity index (χ3v) is 9.79. The predicted molar refractivity (Wildman–Crippen MR) is 126 cm³/mol. The Balaban J connectivity index is 1.24. The molecule has 0 amide bonds. The van der Waals surface area contributed by atoms with Gasteiger partial charge in [-0.3, -0.25) is 0 Å². The van der Waals surface area contributed by atoms with Crippen LogP contribution >= 0.6 is 10.5 Å². The van der Waals surface area contributed by atoms with Crippen LogP contribution in [0, 0.1) is 11.8 Å². The van der Waals surface area contributed by atoms with E-state index in [4.69, 9.17) is 4.74 Å². The molecule has 2 aliphatic carbocycles. The fraction of sp³-hybridized carbons (Fsp3) is 0.296. The number of rotatable bonds is 3. The molecule has 2 bridgehead atoms. The van der Waals surface area contributed by atoms with E-state index in [0.717, 1.165) is 4.90 Å². The standard InChI is InChI=1S/C27H22F3O3S/c28-27(29,30)26(32)15-17-13-18(26)14-22(17)33-25(31)16-9-11-19(12-10-16)34-23-7-3-1-5-20(23)21-6-2-4-8-24(21)34/h1-12,17-18,22,32H,13-15H2/q+1. The number of halogens is 3. The van der Waals surface area contributed by atoms with Crippen molar-refractivity contribution in [1.29, 1.82) is 0 Å². The summed E-state index contributed by atoms with van der Waals surface area (Å²) >= 11 is 0. The molecule has 7 heteroatoms. The third-order valence-electron chi connectivity index (χ3n) is 7.46. The third kappa shape index (κ3) is 3.17. The van der Waals surface area contributed by atoms with Gasteiger partial charge in [0, 0.05) is 27.2 Å². The van der Waals surface area contributed by atoms with Crippen molar-refractivity contribution in [3.05, 3.63) is 78.4 Å². The number of hydrogen-bond acceptors (Lipinski definition) is 3. The van der Waals surface area contributed by atoms with Gasteiger partial charge in [-0.25, -0.2) is 4.79 Å². The summed E-state index contributed by atoms with van der Waals surface area (Å²) in [5.74, 6) is -1.91. The Morgan fingerprint density at radius 1 is 0.912 bits per heavy atom. The number of carbonyl (C=O) groups is 1. The molecule has 0 saturated heterocycles. The van der Waals surface area contributed by atoms with Crippen molar-refractivity contribution in [2.75, 3.05) is 0 Å². The van der Waals surface area contributed by atoms with Gasteiger partial charge in [-0.15, -0.1) is 0 Å². The number of fused-ring (bicyclic) bond motifs is 5. The molecule has 174 valence electrons. The van der Waals surface area contributed by atoms with E-state index < -0.39 is 42.1 Å². The highest BCUT2D eigenvalue weighted by molar-refractivity contribution is 7.50. The lowest BCUT2D eigenvalue weighted by Crippen LogP contribution is -2.51. The minimum Gasteiger partial charge on any atom is -0.458 e. The molecular formula is C27H22F3O3S+. The maximum Gasteiger partial charge on any atom is 0.417 e. The molecule has 4 atom stereocenters. The van der Waals surface area contributed by atoms with Crippen LogP contribution in [-0.4, -0.2) is 29.0 Å². The van der Waals surface area contributed by atoms with Gasteiger partial charge >= 0.3 is 12.1 Å². The molecule has 4 unspecified atom stereocenters. The first kappa shape index (κ1) is 21.6. The Hall–Kier alpha value is -2.90. The number of hydrogen-bond donors (Lipinski definition) is 1. The van der Waals surface area contributed by atoms with Gasteiger partial charge in [-0.1, -0.05) is 24.3 Å². The van der Waals surface area contributed by atoms with Crippen molar-refractivity contribution < 1.29 is 27.8 Å². The summed E-state index contributed by atoms with van der Waals surface area (Å²) in [4.78, 5) is 13.8. The number of carbonyl (C=O) groups excluding carboxylic acids is 1. The summed E-state index contributed by atoms with van der Waals surface area (Å²) < 4.78 is 47.9. The Kier molecular flexibility index (Phi) is 4.80. The lowest BCUT2D eigenvalue weighted by Gasteiger charge is -2.36. The number of thiophene rings is 1. The predicted octanol–water partition coefficient (Wildman–Crippen LogP) is 6.98. The molecule has 34 heavy (non-hydrogen) atoms. The molecule has 0 spiro atoms. The first-order valence-electron chi connectivity index (χ1n) is 11.3. The summed E-state index contributed by atoms with van der Waals surface area (Å²) in [5, 5.41) is 12.5. The second kappa shape index (κ2) is 7.55. The van der Waals surface area contributed by atoms with Crippen molar-refractivity contribution >= 4 is 36.6 Å². The van der Waals surface area contributed by atoms with Crippen molar-refractivity contribution in [2.24, 2.45) is 11.8 Å². The topological polar surface area (TPSA) is 46.5 Å². The van der Waals surface area contributed by atoms with E-state index >= 15 is 0 Å². The van der Waals surface area contributed by atoms with Crippen LogP contribution in [0.5, 0.6) is 0 Å². The van der Waals surface area contributed by atoms with Crippen LogP contribution in [0.1, 0.15) is 29.6 Å². The molecule has 2 aliphatic rings. The average molecular weight is 484 g/mol. The van der Waals surface area contributed by atoms with Gasteiger partial charge in [-0.2, -0.15) is 13.2 Å². The molecular weight excluding hydrogens is 461 g/mol. The van der Waals surface area contributed by atoms with Crippen LogP contribution in [-0.2, 0) is 4.74 Å². The van der Waals surface area contributed by atoms with Gasteiger partial charge in [0.05, 0.1) is 5.56 Å². The van der Waals surface area contributed by atoms with E-state index in [1.54, 1.807) is 12.1 Å². The van der Waals surface area contributed by atoms with E-state index in [1.165, 1.54) is 20.2 Å². The van der Waals surface area contributed by atoms with E-state index in [9.17, 15) is 23.1 Å². The smallest absolute Gasteiger partial charge is 0.417 e. The number of benzene rings is 3. The van der Waals surface area contributed by atoms with E-state index in [-0.39, 0.29) is 23.3 Å². The number of aliphatic hydroxyl groups is 1. The van der Waals surface area contributed by atoms with Crippen molar-refractivity contribution in [3.63, 3.8) is 0 Å². The minimum atomic E-state index is -4.66.